The smallest absolute Gasteiger partial charge is 0.310 e. The third kappa shape index (κ3) is 1.86. The molecule has 0 bridgehead atoms. The Labute approximate surface area is 79.6 Å². The maximum absolute atomic E-state index is 11.2. The van der Waals surface area contributed by atoms with Gasteiger partial charge in [0.15, 0.2) is 0 Å². The maximum Gasteiger partial charge on any atom is 0.310 e. The Morgan fingerprint density at radius 1 is 1.67 bits per heavy atom. The van der Waals surface area contributed by atoms with E-state index in [1.807, 2.05) is 0 Å². The molecule has 0 saturated heterocycles. The highest BCUT2D eigenvalue weighted by molar-refractivity contribution is 9.10. The van der Waals surface area contributed by atoms with Crippen molar-refractivity contribution in [3.8, 4) is 0 Å². The molecule has 1 rings (SSSR count). The second kappa shape index (κ2) is 4.03. The Kier molecular flexibility index (Phi) is 3.26. The molecule has 4 heteroatoms. The molecule has 0 N–H and O–H groups in total. The number of alkyl halides is 1. The molecule has 1 saturated carbocycles. The van der Waals surface area contributed by atoms with Crippen LogP contribution in [0.1, 0.15) is 19.3 Å². The lowest BCUT2D eigenvalue weighted by molar-refractivity contribution is -0.148. The molecule has 0 aromatic heterocycles. The lowest BCUT2D eigenvalue weighted by Gasteiger charge is -2.23. The molecule has 3 nitrogen and oxygen atoms in total. The molecule has 0 heterocycles. The molecule has 1 aliphatic rings. The predicted molar refractivity (Wildman–Crippen MR) is 47.1 cm³/mol. The summed E-state index contributed by atoms with van der Waals surface area (Å²) in [6, 6.07) is 0. The minimum absolute atomic E-state index is 0.108. The number of Topliss-reactive ketones (excluding diaryl/α,β-unsaturated/α-hetero) is 1. The fourth-order valence-electron chi connectivity index (χ4n) is 1.39. The average molecular weight is 235 g/mol. The summed E-state index contributed by atoms with van der Waals surface area (Å²) in [5.41, 5.74) is 0. The van der Waals surface area contributed by atoms with E-state index in [1.165, 1.54) is 7.11 Å². The van der Waals surface area contributed by atoms with Crippen LogP contribution >= 0.6 is 15.9 Å². The molecular weight excluding hydrogens is 224 g/mol. The number of rotatable bonds is 1. The van der Waals surface area contributed by atoms with Gasteiger partial charge < -0.3 is 4.74 Å². The van der Waals surface area contributed by atoms with Crippen LogP contribution in [-0.2, 0) is 14.3 Å². The monoisotopic (exact) mass is 234 g/mol. The van der Waals surface area contributed by atoms with E-state index in [9.17, 15) is 9.59 Å². The van der Waals surface area contributed by atoms with Gasteiger partial charge in [0.2, 0.25) is 0 Å². The van der Waals surface area contributed by atoms with E-state index in [2.05, 4.69) is 20.7 Å². The number of halogens is 1. The van der Waals surface area contributed by atoms with Gasteiger partial charge in [-0.15, -0.1) is 0 Å². The third-order valence-electron chi connectivity index (χ3n) is 2.10. The van der Waals surface area contributed by atoms with E-state index >= 15 is 0 Å². The summed E-state index contributed by atoms with van der Waals surface area (Å²) in [5, 5.41) is 0. The van der Waals surface area contributed by atoms with E-state index in [1.54, 1.807) is 0 Å². The predicted octanol–water partition coefficient (Wildman–Crippen LogP) is 1.29. The van der Waals surface area contributed by atoms with Crippen molar-refractivity contribution >= 4 is 27.7 Å². The minimum atomic E-state index is -0.335. The zero-order chi connectivity index (χ0) is 9.14. The first-order chi connectivity index (χ1) is 5.66. The molecule has 68 valence electrons. The topological polar surface area (TPSA) is 43.4 Å². The lowest BCUT2D eigenvalue weighted by Crippen LogP contribution is -2.34. The first kappa shape index (κ1) is 9.71. The van der Waals surface area contributed by atoms with Crippen molar-refractivity contribution in [1.29, 1.82) is 0 Å². The summed E-state index contributed by atoms with van der Waals surface area (Å²) < 4.78 is 4.59. The Bertz CT molecular complexity index is 202. The Balaban J connectivity index is 2.63. The van der Waals surface area contributed by atoms with Crippen molar-refractivity contribution < 1.29 is 14.3 Å². The van der Waals surface area contributed by atoms with E-state index in [0.717, 1.165) is 12.8 Å². The van der Waals surface area contributed by atoms with Crippen molar-refractivity contribution in [2.24, 2.45) is 5.92 Å². The van der Waals surface area contributed by atoms with Crippen molar-refractivity contribution in [2.75, 3.05) is 7.11 Å². The lowest BCUT2D eigenvalue weighted by atomic mass is 9.88. The van der Waals surface area contributed by atoms with Crippen LogP contribution in [0.2, 0.25) is 0 Å². The molecule has 0 spiro atoms. The van der Waals surface area contributed by atoms with E-state index in [4.69, 9.17) is 0 Å². The molecule has 0 aromatic carbocycles. The molecule has 0 aromatic rings. The van der Waals surface area contributed by atoms with E-state index < -0.39 is 0 Å². The Morgan fingerprint density at radius 3 is 2.92 bits per heavy atom. The highest BCUT2D eigenvalue weighted by Crippen LogP contribution is 2.28. The maximum atomic E-state index is 11.2. The quantitative estimate of drug-likeness (QED) is 0.508. The SMILES string of the molecule is COC(=O)C1CCCC(=O)C1Br. The fourth-order valence-corrected chi connectivity index (χ4v) is 2.10. The van der Waals surface area contributed by atoms with Crippen LogP contribution in [0, 0.1) is 5.92 Å². The molecule has 1 aliphatic carbocycles. The zero-order valence-corrected chi connectivity index (χ0v) is 8.46. The molecule has 0 aliphatic heterocycles. The van der Waals surface area contributed by atoms with Crippen LogP contribution < -0.4 is 0 Å². The number of hydrogen-bond donors (Lipinski definition) is 0. The van der Waals surface area contributed by atoms with Gasteiger partial charge in [-0.2, -0.15) is 0 Å². The van der Waals surface area contributed by atoms with Gasteiger partial charge in [0.1, 0.15) is 5.78 Å². The third-order valence-corrected chi connectivity index (χ3v) is 3.25. The van der Waals surface area contributed by atoms with E-state index in [-0.39, 0.29) is 22.5 Å². The Hall–Kier alpha value is -0.380. The van der Waals surface area contributed by atoms with Crippen molar-refractivity contribution in [3.05, 3.63) is 0 Å². The highest BCUT2D eigenvalue weighted by atomic mass is 79.9. The highest BCUT2D eigenvalue weighted by Gasteiger charge is 2.35. The van der Waals surface area contributed by atoms with Crippen molar-refractivity contribution in [2.45, 2.75) is 24.1 Å². The zero-order valence-electron chi connectivity index (χ0n) is 6.88. The van der Waals surface area contributed by atoms with Crippen LogP contribution in [0.25, 0.3) is 0 Å². The summed E-state index contributed by atoms with van der Waals surface area (Å²) >= 11 is 3.21. The number of carbonyl (C=O) groups is 2. The molecular formula is C8H11BrO3. The van der Waals surface area contributed by atoms with Crippen molar-refractivity contribution in [3.63, 3.8) is 0 Å². The number of ketones is 1. The van der Waals surface area contributed by atoms with Gasteiger partial charge in [-0.05, 0) is 12.8 Å². The molecule has 0 radical (unpaired) electrons. The number of ether oxygens (including phenoxy) is 1. The number of methoxy groups -OCH3 is 1. The number of carbonyl (C=O) groups excluding carboxylic acids is 2. The molecule has 0 amide bonds. The number of esters is 1. The summed E-state index contributed by atoms with van der Waals surface area (Å²) in [5.74, 6) is -0.460. The first-order valence-corrected chi connectivity index (χ1v) is 4.83. The summed E-state index contributed by atoms with van der Waals surface area (Å²) in [6.07, 6.45) is 2.11. The molecule has 2 atom stereocenters. The number of hydrogen-bond acceptors (Lipinski definition) is 3. The van der Waals surface area contributed by atoms with E-state index in [0.29, 0.717) is 6.42 Å². The normalized spacial score (nSPS) is 30.0. The van der Waals surface area contributed by atoms with Gasteiger partial charge in [-0.3, -0.25) is 9.59 Å². The van der Waals surface area contributed by atoms with Crippen LogP contribution in [0.4, 0.5) is 0 Å². The van der Waals surface area contributed by atoms with Crippen LogP contribution in [0.5, 0.6) is 0 Å². The summed E-state index contributed by atoms with van der Waals surface area (Å²) in [7, 11) is 1.35. The average Bonchev–Trinajstić information content (AvgIpc) is 2.08. The Morgan fingerprint density at radius 2 is 2.33 bits per heavy atom. The van der Waals surface area contributed by atoms with Crippen LogP contribution in [0.3, 0.4) is 0 Å². The first-order valence-electron chi connectivity index (χ1n) is 3.91. The standard InChI is InChI=1S/C8H11BrO3/c1-12-8(11)5-3-2-4-6(10)7(5)9/h5,7H,2-4H2,1H3. The van der Waals surface area contributed by atoms with Crippen molar-refractivity contribution in [1.82, 2.24) is 0 Å². The van der Waals surface area contributed by atoms with Crippen LogP contribution in [-0.4, -0.2) is 23.7 Å². The second-order valence-corrected chi connectivity index (χ2v) is 3.88. The van der Waals surface area contributed by atoms with Gasteiger partial charge in [-0.1, -0.05) is 15.9 Å². The van der Waals surface area contributed by atoms with Crippen LogP contribution in [0.15, 0.2) is 0 Å². The molecule has 12 heavy (non-hydrogen) atoms. The van der Waals surface area contributed by atoms with Gasteiger partial charge in [0.25, 0.3) is 0 Å². The summed E-state index contributed by atoms with van der Waals surface area (Å²) in [6.45, 7) is 0. The van der Waals surface area contributed by atoms with Gasteiger partial charge in [0, 0.05) is 6.42 Å². The summed E-state index contributed by atoms with van der Waals surface area (Å²) in [4.78, 5) is 22.0. The molecule has 2 unspecified atom stereocenters. The second-order valence-electron chi connectivity index (χ2n) is 2.89. The van der Waals surface area contributed by atoms with Gasteiger partial charge in [0.05, 0.1) is 17.9 Å². The molecule has 1 fully saturated rings. The fraction of sp³-hybridized carbons (Fsp3) is 0.750. The minimum Gasteiger partial charge on any atom is -0.469 e. The largest absolute Gasteiger partial charge is 0.469 e. The van der Waals surface area contributed by atoms with Gasteiger partial charge >= 0.3 is 5.97 Å². The van der Waals surface area contributed by atoms with Gasteiger partial charge in [-0.25, -0.2) is 0 Å².